The van der Waals surface area contributed by atoms with Crippen LogP contribution in [0.2, 0.25) is 0 Å². The predicted octanol–water partition coefficient (Wildman–Crippen LogP) is 5.46. The summed E-state index contributed by atoms with van der Waals surface area (Å²) in [5.74, 6) is 0.896. The Balaban J connectivity index is 1.79. The van der Waals surface area contributed by atoms with Crippen molar-refractivity contribution in [2.75, 3.05) is 12.3 Å². The summed E-state index contributed by atoms with van der Waals surface area (Å²) in [4.78, 5) is 28.3. The Morgan fingerprint density at radius 1 is 0.879 bits per heavy atom. The molecule has 0 spiro atoms. The number of nitrogens with zero attached hydrogens (tertiary/aromatic N) is 1. The van der Waals surface area contributed by atoms with Crippen LogP contribution < -0.4 is 5.32 Å². The molecule has 0 fully saturated rings. The van der Waals surface area contributed by atoms with Crippen molar-refractivity contribution < 1.29 is 9.59 Å². The third kappa shape index (κ3) is 8.06. The van der Waals surface area contributed by atoms with Gasteiger partial charge in [0.15, 0.2) is 0 Å². The van der Waals surface area contributed by atoms with E-state index in [1.807, 2.05) is 79.7 Å². The minimum absolute atomic E-state index is 0.0341. The van der Waals surface area contributed by atoms with E-state index in [0.29, 0.717) is 25.3 Å². The number of halogens is 1. The van der Waals surface area contributed by atoms with Gasteiger partial charge in [0.2, 0.25) is 11.8 Å². The number of hydrogen-bond donors (Lipinski definition) is 1. The number of rotatable bonds is 11. The van der Waals surface area contributed by atoms with Gasteiger partial charge in [-0.2, -0.15) is 0 Å². The Kier molecular flexibility index (Phi) is 10.0. The third-order valence-corrected chi connectivity index (χ3v) is 6.74. The molecular weight excluding hydrogens is 496 g/mol. The largest absolute Gasteiger partial charge is 0.355 e. The van der Waals surface area contributed by atoms with E-state index >= 15 is 0 Å². The smallest absolute Gasteiger partial charge is 0.243 e. The average Bonchev–Trinajstić information content (AvgIpc) is 2.84. The highest BCUT2D eigenvalue weighted by molar-refractivity contribution is 9.10. The molecule has 0 radical (unpaired) electrons. The molecule has 0 unspecified atom stereocenters. The molecule has 1 N–H and O–H groups in total. The highest BCUT2D eigenvalue weighted by Gasteiger charge is 2.29. The zero-order valence-corrected chi connectivity index (χ0v) is 21.1. The lowest BCUT2D eigenvalue weighted by Crippen LogP contribution is -2.51. The van der Waals surface area contributed by atoms with Crippen LogP contribution in [-0.2, 0) is 28.3 Å². The molecule has 3 rings (SSSR count). The van der Waals surface area contributed by atoms with Crippen LogP contribution in [0.3, 0.4) is 0 Å². The number of carbonyl (C=O) groups excluding carboxylic acids is 2. The van der Waals surface area contributed by atoms with Crippen LogP contribution in [-0.4, -0.2) is 35.1 Å². The summed E-state index contributed by atoms with van der Waals surface area (Å²) in [5, 5.41) is 2.93. The summed E-state index contributed by atoms with van der Waals surface area (Å²) in [7, 11) is 0. The van der Waals surface area contributed by atoms with Crippen LogP contribution in [0, 0.1) is 0 Å². The SMILES string of the molecule is CCNC(=O)[C@@H](Cc1ccccc1)N(Cc1ccccc1)C(=O)CSCc1ccc(Br)cc1. The molecule has 0 aliphatic heterocycles. The topological polar surface area (TPSA) is 49.4 Å². The lowest BCUT2D eigenvalue weighted by Gasteiger charge is -2.31. The van der Waals surface area contributed by atoms with Gasteiger partial charge in [0.1, 0.15) is 6.04 Å². The van der Waals surface area contributed by atoms with Crippen LogP contribution in [0.5, 0.6) is 0 Å². The molecule has 3 aromatic carbocycles. The average molecular weight is 526 g/mol. The van der Waals surface area contributed by atoms with Crippen molar-refractivity contribution in [3.63, 3.8) is 0 Å². The highest BCUT2D eigenvalue weighted by Crippen LogP contribution is 2.19. The maximum atomic E-state index is 13.4. The monoisotopic (exact) mass is 524 g/mol. The van der Waals surface area contributed by atoms with Crippen molar-refractivity contribution in [1.82, 2.24) is 10.2 Å². The number of carbonyl (C=O) groups is 2. The van der Waals surface area contributed by atoms with Crippen LogP contribution in [0.4, 0.5) is 0 Å². The molecule has 0 aliphatic carbocycles. The number of amides is 2. The molecule has 6 heteroatoms. The summed E-state index contributed by atoms with van der Waals surface area (Å²) in [5.41, 5.74) is 3.20. The minimum atomic E-state index is -0.576. The van der Waals surface area contributed by atoms with Crippen molar-refractivity contribution in [1.29, 1.82) is 0 Å². The van der Waals surface area contributed by atoms with Gasteiger partial charge in [-0.25, -0.2) is 0 Å². The summed E-state index contributed by atoms with van der Waals surface area (Å²) < 4.78 is 1.03. The molecule has 0 saturated heterocycles. The molecule has 0 aliphatic rings. The Morgan fingerprint density at radius 3 is 2.09 bits per heavy atom. The van der Waals surface area contributed by atoms with Crippen molar-refractivity contribution in [2.45, 2.75) is 31.7 Å². The number of benzene rings is 3. The standard InChI is InChI=1S/C27H29BrN2O2S/c1-2-29-27(32)25(17-21-9-5-3-6-10-21)30(18-22-11-7-4-8-12-22)26(31)20-33-19-23-13-15-24(28)16-14-23/h3-16,25H,2,17-20H2,1H3,(H,29,32)/t25-/m1/s1. The molecule has 0 heterocycles. The van der Waals surface area contributed by atoms with E-state index in [2.05, 4.69) is 33.4 Å². The first-order chi connectivity index (χ1) is 16.1. The molecule has 4 nitrogen and oxygen atoms in total. The van der Waals surface area contributed by atoms with E-state index in [1.165, 1.54) is 0 Å². The van der Waals surface area contributed by atoms with Gasteiger partial charge in [-0.05, 0) is 35.7 Å². The van der Waals surface area contributed by atoms with E-state index in [4.69, 9.17) is 0 Å². The Hall–Kier alpha value is -2.57. The molecule has 172 valence electrons. The van der Waals surface area contributed by atoms with Crippen molar-refractivity contribution in [3.8, 4) is 0 Å². The Morgan fingerprint density at radius 2 is 1.48 bits per heavy atom. The van der Waals surface area contributed by atoms with Gasteiger partial charge in [0.05, 0.1) is 5.75 Å². The van der Waals surface area contributed by atoms with E-state index in [-0.39, 0.29) is 11.8 Å². The number of hydrogen-bond acceptors (Lipinski definition) is 3. The molecule has 33 heavy (non-hydrogen) atoms. The van der Waals surface area contributed by atoms with Gasteiger partial charge in [-0.15, -0.1) is 11.8 Å². The van der Waals surface area contributed by atoms with Crippen LogP contribution in [0.25, 0.3) is 0 Å². The summed E-state index contributed by atoms with van der Waals surface area (Å²) >= 11 is 5.02. The number of thioether (sulfide) groups is 1. The fourth-order valence-corrected chi connectivity index (χ4v) is 4.68. The fraction of sp³-hybridized carbons (Fsp3) is 0.259. The van der Waals surface area contributed by atoms with Crippen LogP contribution in [0.15, 0.2) is 89.4 Å². The Bertz CT molecular complexity index is 1010. The second kappa shape index (κ2) is 13.2. The van der Waals surface area contributed by atoms with E-state index in [9.17, 15) is 9.59 Å². The van der Waals surface area contributed by atoms with E-state index in [0.717, 1.165) is 26.9 Å². The maximum absolute atomic E-state index is 13.4. The highest BCUT2D eigenvalue weighted by atomic mass is 79.9. The maximum Gasteiger partial charge on any atom is 0.243 e. The zero-order valence-electron chi connectivity index (χ0n) is 18.7. The predicted molar refractivity (Wildman–Crippen MR) is 140 cm³/mol. The van der Waals surface area contributed by atoms with Crippen molar-refractivity contribution in [2.24, 2.45) is 0 Å². The van der Waals surface area contributed by atoms with E-state index in [1.54, 1.807) is 16.7 Å². The first-order valence-corrected chi connectivity index (χ1v) is 13.0. The molecule has 3 aromatic rings. The van der Waals surface area contributed by atoms with Crippen molar-refractivity contribution in [3.05, 3.63) is 106 Å². The number of nitrogens with one attached hydrogen (secondary N) is 1. The van der Waals surface area contributed by atoms with Gasteiger partial charge in [0.25, 0.3) is 0 Å². The molecule has 2 amide bonds. The lowest BCUT2D eigenvalue weighted by atomic mass is 10.0. The molecule has 1 atom stereocenters. The summed E-state index contributed by atoms with van der Waals surface area (Å²) in [6.07, 6.45) is 0.475. The van der Waals surface area contributed by atoms with Gasteiger partial charge in [-0.3, -0.25) is 9.59 Å². The first kappa shape index (κ1) is 25.1. The fourth-order valence-electron chi connectivity index (χ4n) is 3.55. The Labute approximate surface area is 208 Å². The van der Waals surface area contributed by atoms with E-state index < -0.39 is 6.04 Å². The second-order valence-electron chi connectivity index (χ2n) is 7.73. The zero-order chi connectivity index (χ0) is 23.5. The summed E-state index contributed by atoms with van der Waals surface area (Å²) in [6, 6.07) is 27.3. The van der Waals surface area contributed by atoms with Crippen molar-refractivity contribution >= 4 is 39.5 Å². The third-order valence-electron chi connectivity index (χ3n) is 5.23. The lowest BCUT2D eigenvalue weighted by molar-refractivity contribution is -0.139. The molecule has 0 bridgehead atoms. The number of likely N-dealkylation sites (N-methyl/N-ethyl adjacent to an activating group) is 1. The second-order valence-corrected chi connectivity index (χ2v) is 9.63. The van der Waals surface area contributed by atoms with Gasteiger partial charge < -0.3 is 10.2 Å². The summed E-state index contributed by atoms with van der Waals surface area (Å²) in [6.45, 7) is 2.82. The van der Waals surface area contributed by atoms with Gasteiger partial charge >= 0.3 is 0 Å². The minimum Gasteiger partial charge on any atom is -0.355 e. The van der Waals surface area contributed by atoms with Gasteiger partial charge in [-0.1, -0.05) is 88.7 Å². The normalized spacial score (nSPS) is 11.6. The van der Waals surface area contributed by atoms with Gasteiger partial charge in [0, 0.05) is 29.7 Å². The van der Waals surface area contributed by atoms with Crippen LogP contribution in [0.1, 0.15) is 23.6 Å². The van der Waals surface area contributed by atoms with Crippen LogP contribution >= 0.6 is 27.7 Å². The quantitative estimate of drug-likeness (QED) is 0.362. The molecule has 0 aromatic heterocycles. The molecular formula is C27H29BrN2O2S. The molecule has 0 saturated carbocycles. The first-order valence-electron chi connectivity index (χ1n) is 11.0.